The molecule has 0 saturated heterocycles. The van der Waals surface area contributed by atoms with Crippen LogP contribution in [-0.2, 0) is 11.2 Å². The molecule has 0 aliphatic heterocycles. The van der Waals surface area contributed by atoms with Crippen LogP contribution in [0, 0.1) is 24.4 Å². The third kappa shape index (κ3) is 4.71. The molecule has 2 aromatic carbocycles. The Bertz CT molecular complexity index is 960. The monoisotopic (exact) mass is 391 g/mol. The molecular formula is C19H16F3N3OS. The van der Waals surface area contributed by atoms with Crippen LogP contribution in [0.5, 0.6) is 0 Å². The molecule has 0 aliphatic carbocycles. The first-order chi connectivity index (χ1) is 12.9. The predicted octanol–water partition coefficient (Wildman–Crippen LogP) is 4.46. The van der Waals surface area contributed by atoms with E-state index in [1.165, 1.54) is 0 Å². The van der Waals surface area contributed by atoms with Crippen LogP contribution in [0.2, 0.25) is 0 Å². The van der Waals surface area contributed by atoms with Crippen LogP contribution in [-0.4, -0.2) is 21.6 Å². The van der Waals surface area contributed by atoms with Crippen molar-refractivity contribution in [3.8, 4) is 0 Å². The number of aromatic amines is 1. The minimum atomic E-state index is -1.62. The Morgan fingerprint density at radius 2 is 1.85 bits per heavy atom. The van der Waals surface area contributed by atoms with E-state index in [1.807, 2.05) is 37.3 Å². The lowest BCUT2D eigenvalue weighted by molar-refractivity contribution is -0.113. The molecule has 0 atom stereocenters. The fourth-order valence-corrected chi connectivity index (χ4v) is 3.18. The highest BCUT2D eigenvalue weighted by Gasteiger charge is 2.16. The molecular weight excluding hydrogens is 375 g/mol. The number of hydrogen-bond donors (Lipinski definition) is 2. The molecule has 140 valence electrons. The third-order valence-corrected chi connectivity index (χ3v) is 4.70. The SMILES string of the molecule is Cc1[nH]c(SCC(=O)Nc2ccc(F)c(F)c2F)nc1Cc1ccccc1. The van der Waals surface area contributed by atoms with Gasteiger partial charge in [-0.2, -0.15) is 0 Å². The summed E-state index contributed by atoms with van der Waals surface area (Å²) in [4.78, 5) is 19.5. The maximum atomic E-state index is 13.6. The highest BCUT2D eigenvalue weighted by molar-refractivity contribution is 7.99. The molecule has 3 rings (SSSR count). The van der Waals surface area contributed by atoms with Crippen molar-refractivity contribution in [2.75, 3.05) is 11.1 Å². The Morgan fingerprint density at radius 3 is 2.59 bits per heavy atom. The number of carbonyl (C=O) groups excluding carboxylic acids is 1. The zero-order valence-corrected chi connectivity index (χ0v) is 15.2. The van der Waals surface area contributed by atoms with E-state index >= 15 is 0 Å². The second-order valence-corrected chi connectivity index (χ2v) is 6.80. The second kappa shape index (κ2) is 8.30. The molecule has 0 saturated carbocycles. The summed E-state index contributed by atoms with van der Waals surface area (Å²) in [5.74, 6) is -4.96. The van der Waals surface area contributed by atoms with E-state index in [1.54, 1.807) is 0 Å². The minimum Gasteiger partial charge on any atom is -0.337 e. The molecule has 0 unspecified atom stereocenters. The van der Waals surface area contributed by atoms with Crippen LogP contribution < -0.4 is 5.32 Å². The van der Waals surface area contributed by atoms with Gasteiger partial charge < -0.3 is 10.3 Å². The average Bonchev–Trinajstić information content (AvgIpc) is 3.01. The molecule has 1 amide bonds. The molecule has 0 radical (unpaired) electrons. The molecule has 0 bridgehead atoms. The molecule has 0 aliphatic rings. The van der Waals surface area contributed by atoms with Crippen molar-refractivity contribution < 1.29 is 18.0 Å². The van der Waals surface area contributed by atoms with Gasteiger partial charge in [0.2, 0.25) is 5.91 Å². The fraction of sp³-hybridized carbons (Fsp3) is 0.158. The lowest BCUT2D eigenvalue weighted by Crippen LogP contribution is -2.16. The Morgan fingerprint density at radius 1 is 1.11 bits per heavy atom. The first-order valence-electron chi connectivity index (χ1n) is 8.09. The Kier molecular flexibility index (Phi) is 5.85. The zero-order chi connectivity index (χ0) is 19.4. The number of hydrogen-bond acceptors (Lipinski definition) is 3. The van der Waals surface area contributed by atoms with E-state index in [2.05, 4.69) is 15.3 Å². The molecule has 1 aromatic heterocycles. The van der Waals surface area contributed by atoms with Crippen molar-refractivity contribution in [3.05, 3.63) is 76.9 Å². The number of anilines is 1. The summed E-state index contributed by atoms with van der Waals surface area (Å²) in [6.45, 7) is 1.89. The number of rotatable bonds is 6. The number of thioether (sulfide) groups is 1. The molecule has 0 spiro atoms. The zero-order valence-electron chi connectivity index (χ0n) is 14.4. The number of aryl methyl sites for hydroxylation is 1. The van der Waals surface area contributed by atoms with Crippen LogP contribution in [0.25, 0.3) is 0 Å². The normalized spacial score (nSPS) is 10.8. The molecule has 8 heteroatoms. The summed E-state index contributed by atoms with van der Waals surface area (Å²) >= 11 is 1.14. The van der Waals surface area contributed by atoms with Crippen molar-refractivity contribution in [2.24, 2.45) is 0 Å². The number of aromatic nitrogens is 2. The summed E-state index contributed by atoms with van der Waals surface area (Å²) in [7, 11) is 0. The third-order valence-electron chi connectivity index (χ3n) is 3.83. The lowest BCUT2D eigenvalue weighted by Gasteiger charge is -2.06. The number of benzene rings is 2. The number of nitrogens with one attached hydrogen (secondary N) is 2. The van der Waals surface area contributed by atoms with Gasteiger partial charge in [-0.25, -0.2) is 18.2 Å². The Hall–Kier alpha value is -2.74. The average molecular weight is 391 g/mol. The van der Waals surface area contributed by atoms with Crippen molar-refractivity contribution in [2.45, 2.75) is 18.5 Å². The number of carbonyl (C=O) groups is 1. The molecule has 0 fully saturated rings. The fourth-order valence-electron chi connectivity index (χ4n) is 2.44. The highest BCUT2D eigenvalue weighted by Crippen LogP contribution is 2.22. The first-order valence-corrected chi connectivity index (χ1v) is 9.08. The summed E-state index contributed by atoms with van der Waals surface area (Å²) in [6, 6.07) is 11.6. The topological polar surface area (TPSA) is 57.8 Å². The minimum absolute atomic E-state index is 0.0594. The van der Waals surface area contributed by atoms with Gasteiger partial charge in [-0.1, -0.05) is 42.1 Å². The largest absolute Gasteiger partial charge is 0.337 e. The van der Waals surface area contributed by atoms with Crippen LogP contribution in [0.4, 0.5) is 18.9 Å². The van der Waals surface area contributed by atoms with Gasteiger partial charge in [0.05, 0.1) is 17.1 Å². The lowest BCUT2D eigenvalue weighted by atomic mass is 10.1. The molecule has 1 heterocycles. The van der Waals surface area contributed by atoms with Gasteiger partial charge in [-0.3, -0.25) is 4.79 Å². The van der Waals surface area contributed by atoms with Crippen molar-refractivity contribution >= 4 is 23.4 Å². The van der Waals surface area contributed by atoms with Crippen LogP contribution in [0.1, 0.15) is 17.0 Å². The molecule has 2 N–H and O–H groups in total. The van der Waals surface area contributed by atoms with Crippen LogP contribution in [0.3, 0.4) is 0 Å². The summed E-state index contributed by atoms with van der Waals surface area (Å²) in [6.07, 6.45) is 0.663. The van der Waals surface area contributed by atoms with Gasteiger partial charge in [0, 0.05) is 12.1 Å². The van der Waals surface area contributed by atoms with Crippen LogP contribution >= 0.6 is 11.8 Å². The van der Waals surface area contributed by atoms with E-state index in [9.17, 15) is 18.0 Å². The van der Waals surface area contributed by atoms with Crippen molar-refractivity contribution in [1.82, 2.24) is 9.97 Å². The molecule has 27 heavy (non-hydrogen) atoms. The summed E-state index contributed by atoms with van der Waals surface area (Å²) < 4.78 is 39.7. The number of amides is 1. The number of imidazole rings is 1. The first kappa shape index (κ1) is 19.0. The van der Waals surface area contributed by atoms with Crippen LogP contribution in [0.15, 0.2) is 47.6 Å². The number of H-pyrrole nitrogens is 1. The van der Waals surface area contributed by atoms with E-state index in [0.29, 0.717) is 11.6 Å². The number of nitrogens with zero attached hydrogens (tertiary/aromatic N) is 1. The highest BCUT2D eigenvalue weighted by atomic mass is 32.2. The van der Waals surface area contributed by atoms with Crippen molar-refractivity contribution in [3.63, 3.8) is 0 Å². The van der Waals surface area contributed by atoms with Gasteiger partial charge in [-0.15, -0.1) is 0 Å². The Balaban J connectivity index is 1.59. The quantitative estimate of drug-likeness (QED) is 0.482. The Labute approximate surface area is 158 Å². The number of halogens is 3. The van der Waals surface area contributed by atoms with E-state index in [0.717, 1.165) is 40.8 Å². The smallest absolute Gasteiger partial charge is 0.234 e. The van der Waals surface area contributed by atoms with Gasteiger partial charge in [0.25, 0.3) is 0 Å². The van der Waals surface area contributed by atoms with E-state index in [-0.39, 0.29) is 5.75 Å². The molecule has 3 aromatic rings. The van der Waals surface area contributed by atoms with Crippen molar-refractivity contribution in [1.29, 1.82) is 0 Å². The van der Waals surface area contributed by atoms with Gasteiger partial charge >= 0.3 is 0 Å². The summed E-state index contributed by atoms with van der Waals surface area (Å²) in [5.41, 5.74) is 2.49. The standard InChI is InChI=1S/C19H16F3N3OS/c1-11-15(9-12-5-3-2-4-6-12)25-19(23-11)27-10-16(26)24-14-8-7-13(20)17(21)18(14)22/h2-8H,9-10H2,1H3,(H,23,25)(H,24,26). The van der Waals surface area contributed by atoms with Gasteiger partial charge in [0.1, 0.15) is 0 Å². The van der Waals surface area contributed by atoms with E-state index in [4.69, 9.17) is 0 Å². The van der Waals surface area contributed by atoms with Gasteiger partial charge in [0.15, 0.2) is 22.6 Å². The maximum Gasteiger partial charge on any atom is 0.234 e. The maximum absolute atomic E-state index is 13.6. The van der Waals surface area contributed by atoms with Gasteiger partial charge in [-0.05, 0) is 24.6 Å². The second-order valence-electron chi connectivity index (χ2n) is 5.84. The predicted molar refractivity (Wildman–Crippen MR) is 98.2 cm³/mol. The summed E-state index contributed by atoms with van der Waals surface area (Å²) in [5, 5.41) is 2.78. The van der Waals surface area contributed by atoms with E-state index < -0.39 is 29.0 Å². The molecule has 4 nitrogen and oxygen atoms in total.